The first kappa shape index (κ1) is 37.8. The topological polar surface area (TPSA) is 170 Å². The number of piperidine rings is 1. The van der Waals surface area contributed by atoms with E-state index in [1.54, 1.807) is 23.1 Å². The minimum atomic E-state index is -1.23. The molecule has 0 bridgehead atoms. The number of amides is 3. The third kappa shape index (κ3) is 12.2. The van der Waals surface area contributed by atoms with E-state index in [-0.39, 0.29) is 49.9 Å². The van der Waals surface area contributed by atoms with E-state index in [4.69, 9.17) is 11.5 Å². The van der Waals surface area contributed by atoms with Crippen molar-refractivity contribution in [3.05, 3.63) is 72.0 Å². The summed E-state index contributed by atoms with van der Waals surface area (Å²) in [7, 11) is 3.81. The van der Waals surface area contributed by atoms with Gasteiger partial charge in [-0.3, -0.25) is 19.4 Å². The first-order chi connectivity index (χ1) is 22.0. The Balaban J connectivity index is 2.09. The Hall–Kier alpha value is -4.39. The van der Waals surface area contributed by atoms with E-state index in [1.165, 1.54) is 17.4 Å². The van der Waals surface area contributed by atoms with Crippen molar-refractivity contribution in [3.8, 4) is 0 Å². The molecule has 6 N–H and O–H groups in total. The Morgan fingerprint density at radius 3 is 2.54 bits per heavy atom. The summed E-state index contributed by atoms with van der Waals surface area (Å²) in [5.74, 6) is -0.387. The van der Waals surface area contributed by atoms with Crippen LogP contribution < -0.4 is 16.8 Å². The van der Waals surface area contributed by atoms with Crippen LogP contribution in [-0.4, -0.2) is 109 Å². The molecule has 1 aliphatic rings. The Bertz CT molecular complexity index is 1350. The van der Waals surface area contributed by atoms with Gasteiger partial charge < -0.3 is 36.6 Å². The fourth-order valence-corrected chi connectivity index (χ4v) is 4.87. The lowest BCUT2D eigenvalue weighted by Crippen LogP contribution is -2.52. The number of allylic oxidation sites excluding steroid dienone is 5. The minimum Gasteiger partial charge on any atom is -0.404 e. The monoisotopic (exact) mass is 634 g/mol. The number of likely N-dealkylation sites (tertiary alicyclic amines) is 1. The van der Waals surface area contributed by atoms with E-state index in [9.17, 15) is 19.5 Å². The van der Waals surface area contributed by atoms with Crippen molar-refractivity contribution in [2.45, 2.75) is 45.1 Å². The Morgan fingerprint density at radius 2 is 1.96 bits per heavy atom. The lowest BCUT2D eigenvalue weighted by Gasteiger charge is -2.39. The van der Waals surface area contributed by atoms with Crippen LogP contribution in [0.4, 0.5) is 11.4 Å². The van der Waals surface area contributed by atoms with Gasteiger partial charge in [-0.15, -0.1) is 0 Å². The number of nitrogens with one attached hydrogen (secondary N) is 1. The molecule has 0 unspecified atom stereocenters. The molecule has 1 aromatic carbocycles. The SMILES string of the molecule is C=C/C=C(\C=C/C)CC(=NCCN)/C(=C\N)C(=O)N1CCC(O)(CN(C=O)C=Nc2cc(NC(=O)CCN(C)C)ccc2C)CC1. The Kier molecular flexibility index (Phi) is 15.8. The van der Waals surface area contributed by atoms with Crippen LogP contribution in [0.25, 0.3) is 0 Å². The maximum Gasteiger partial charge on any atom is 0.257 e. The fraction of sp³-hybridized carbons (Fsp3) is 0.441. The number of hydrogen-bond donors (Lipinski definition) is 4. The Morgan fingerprint density at radius 1 is 1.24 bits per heavy atom. The average Bonchev–Trinajstić information content (AvgIpc) is 3.02. The van der Waals surface area contributed by atoms with Gasteiger partial charge in [0.25, 0.3) is 5.91 Å². The molecule has 2 rings (SSSR count). The summed E-state index contributed by atoms with van der Waals surface area (Å²) in [6, 6.07) is 5.38. The fourth-order valence-electron chi connectivity index (χ4n) is 4.87. The smallest absolute Gasteiger partial charge is 0.257 e. The lowest BCUT2D eigenvalue weighted by molar-refractivity contribution is -0.132. The summed E-state index contributed by atoms with van der Waals surface area (Å²) in [6.45, 7) is 9.37. The van der Waals surface area contributed by atoms with E-state index in [2.05, 4.69) is 21.9 Å². The van der Waals surface area contributed by atoms with Crippen LogP contribution in [0.5, 0.6) is 0 Å². The highest BCUT2D eigenvalue weighted by molar-refractivity contribution is 6.22. The molecule has 1 fully saturated rings. The molecule has 0 atom stereocenters. The summed E-state index contributed by atoms with van der Waals surface area (Å²) in [4.78, 5) is 51.7. The standard InChI is InChI=1S/C34H50N8O4/c1-6-8-27(9-7-2)20-31(37-16-15-35)29(22-36)33(45)42-18-13-34(46,14-19-42)23-41(25-43)24-38-30-21-28(11-10-26(30)3)39-32(44)12-17-40(4)5/h6-11,21-22,24-25,46H,1,12-20,23,35-36H2,2-5H3,(H,39,44)/b9-7-,27-8+,29-22+,37-31?,38-24?. The average molecular weight is 635 g/mol. The van der Waals surface area contributed by atoms with Crippen molar-refractivity contribution in [3.63, 3.8) is 0 Å². The van der Waals surface area contributed by atoms with E-state index in [0.717, 1.165) is 11.1 Å². The van der Waals surface area contributed by atoms with Crippen molar-refractivity contribution in [1.29, 1.82) is 0 Å². The number of anilines is 1. The van der Waals surface area contributed by atoms with Crippen molar-refractivity contribution < 1.29 is 19.5 Å². The molecule has 3 amide bonds. The first-order valence-electron chi connectivity index (χ1n) is 15.4. The maximum absolute atomic E-state index is 13.6. The molecular formula is C34H50N8O4. The quantitative estimate of drug-likeness (QED) is 0.0671. The van der Waals surface area contributed by atoms with Gasteiger partial charge in [-0.1, -0.05) is 36.9 Å². The van der Waals surface area contributed by atoms with E-state index < -0.39 is 5.60 Å². The van der Waals surface area contributed by atoms with Crippen molar-refractivity contribution >= 4 is 41.6 Å². The summed E-state index contributed by atoms with van der Waals surface area (Å²) in [6.07, 6.45) is 11.8. The number of aliphatic imine (C=N–C) groups is 2. The molecule has 250 valence electrons. The lowest BCUT2D eigenvalue weighted by atomic mass is 9.90. The van der Waals surface area contributed by atoms with Gasteiger partial charge in [0.15, 0.2) is 0 Å². The van der Waals surface area contributed by atoms with Gasteiger partial charge in [0.2, 0.25) is 12.3 Å². The van der Waals surface area contributed by atoms with Crippen molar-refractivity contribution in [2.75, 3.05) is 58.7 Å². The molecule has 46 heavy (non-hydrogen) atoms. The van der Waals surface area contributed by atoms with Crippen LogP contribution in [-0.2, 0) is 14.4 Å². The van der Waals surface area contributed by atoms with Gasteiger partial charge in [-0.05, 0) is 64.1 Å². The van der Waals surface area contributed by atoms with Gasteiger partial charge >= 0.3 is 0 Å². The van der Waals surface area contributed by atoms with Crippen LogP contribution in [0.3, 0.4) is 0 Å². The molecule has 1 heterocycles. The molecule has 1 aromatic rings. The second kappa shape index (κ2) is 19.2. The number of aryl methyl sites for hydroxylation is 1. The van der Waals surface area contributed by atoms with Crippen LogP contribution >= 0.6 is 0 Å². The molecule has 0 spiro atoms. The molecule has 0 saturated carbocycles. The molecule has 1 aliphatic heterocycles. The second-order valence-corrected chi connectivity index (χ2v) is 11.5. The predicted octanol–water partition coefficient (Wildman–Crippen LogP) is 2.68. The highest BCUT2D eigenvalue weighted by Crippen LogP contribution is 2.26. The highest BCUT2D eigenvalue weighted by Gasteiger charge is 2.36. The number of rotatable bonds is 17. The molecule has 12 nitrogen and oxygen atoms in total. The first-order valence-corrected chi connectivity index (χ1v) is 15.4. The minimum absolute atomic E-state index is 0.00386. The zero-order valence-electron chi connectivity index (χ0n) is 27.6. The number of carbonyl (C=O) groups is 3. The van der Waals surface area contributed by atoms with Crippen LogP contribution in [0.1, 0.15) is 38.2 Å². The number of hydrogen-bond acceptors (Lipinski definition) is 9. The summed E-state index contributed by atoms with van der Waals surface area (Å²) in [5.41, 5.74) is 14.2. The number of benzene rings is 1. The maximum atomic E-state index is 13.6. The van der Waals surface area contributed by atoms with E-state index >= 15 is 0 Å². The number of aliphatic hydroxyl groups is 1. The molecule has 1 saturated heterocycles. The second-order valence-electron chi connectivity index (χ2n) is 11.5. The van der Waals surface area contributed by atoms with Crippen molar-refractivity contribution in [1.82, 2.24) is 14.7 Å². The largest absolute Gasteiger partial charge is 0.404 e. The van der Waals surface area contributed by atoms with Crippen molar-refractivity contribution in [2.24, 2.45) is 21.5 Å². The molecule has 0 aromatic heterocycles. The number of nitrogens with two attached hydrogens (primary N) is 2. The zero-order valence-corrected chi connectivity index (χ0v) is 27.6. The van der Waals surface area contributed by atoms with E-state index in [1.807, 2.05) is 57.1 Å². The van der Waals surface area contributed by atoms with Gasteiger partial charge in [0.05, 0.1) is 42.0 Å². The van der Waals surface area contributed by atoms with Gasteiger partial charge in [-0.25, -0.2) is 4.99 Å². The zero-order chi connectivity index (χ0) is 34.1. The number of carbonyl (C=O) groups excluding carboxylic acids is 3. The molecule has 0 aliphatic carbocycles. The Labute approximate surface area is 272 Å². The third-order valence-corrected chi connectivity index (χ3v) is 7.44. The van der Waals surface area contributed by atoms with Gasteiger partial charge in [0, 0.05) is 50.9 Å². The van der Waals surface area contributed by atoms with Crippen LogP contribution in [0.2, 0.25) is 0 Å². The highest BCUT2D eigenvalue weighted by atomic mass is 16.3. The summed E-state index contributed by atoms with van der Waals surface area (Å²) < 4.78 is 0. The van der Waals surface area contributed by atoms with Crippen LogP contribution in [0.15, 0.2) is 76.4 Å². The van der Waals surface area contributed by atoms with Crippen LogP contribution in [0, 0.1) is 6.92 Å². The van der Waals surface area contributed by atoms with Gasteiger partial charge in [-0.2, -0.15) is 0 Å². The summed E-state index contributed by atoms with van der Waals surface area (Å²) in [5, 5.41) is 14.2. The van der Waals surface area contributed by atoms with Gasteiger partial charge in [0.1, 0.15) is 0 Å². The number of nitrogens with zero attached hydrogens (tertiary/aromatic N) is 5. The molecule has 0 radical (unpaired) electrons. The summed E-state index contributed by atoms with van der Waals surface area (Å²) >= 11 is 0. The van der Waals surface area contributed by atoms with E-state index in [0.29, 0.717) is 56.0 Å². The molecular weight excluding hydrogens is 584 g/mol. The molecule has 12 heteroatoms. The third-order valence-electron chi connectivity index (χ3n) is 7.44. The normalized spacial score (nSPS) is 15.9. The predicted molar refractivity (Wildman–Crippen MR) is 186 cm³/mol.